The Bertz CT molecular complexity index is 3130. The van der Waals surface area contributed by atoms with Crippen molar-refractivity contribution < 1.29 is 9.15 Å². The molecular formula is C52H36O2. The zero-order valence-electron chi connectivity index (χ0n) is 30.7. The third-order valence-corrected chi connectivity index (χ3v) is 12.9. The van der Waals surface area contributed by atoms with Gasteiger partial charge in [-0.15, -0.1) is 0 Å². The fourth-order valence-electron chi connectivity index (χ4n) is 10.1. The summed E-state index contributed by atoms with van der Waals surface area (Å²) in [5.74, 6) is 1.75. The van der Waals surface area contributed by atoms with E-state index in [2.05, 4.69) is 173 Å². The van der Waals surface area contributed by atoms with Crippen LogP contribution in [-0.2, 0) is 10.8 Å². The molecule has 0 amide bonds. The maximum absolute atomic E-state index is 6.77. The first-order valence-corrected chi connectivity index (χ1v) is 19.0. The lowest BCUT2D eigenvalue weighted by molar-refractivity contribution is 0.487. The van der Waals surface area contributed by atoms with Gasteiger partial charge in [-0.05, 0) is 121 Å². The smallest absolute Gasteiger partial charge is 0.136 e. The van der Waals surface area contributed by atoms with Crippen LogP contribution in [0.5, 0.6) is 11.5 Å². The van der Waals surface area contributed by atoms with E-state index in [9.17, 15) is 0 Å². The van der Waals surface area contributed by atoms with Crippen molar-refractivity contribution in [2.75, 3.05) is 0 Å². The van der Waals surface area contributed by atoms with E-state index in [4.69, 9.17) is 9.15 Å². The normalized spacial score (nSPS) is 15.1. The van der Waals surface area contributed by atoms with Crippen molar-refractivity contribution in [1.82, 2.24) is 0 Å². The molecule has 2 heterocycles. The Balaban J connectivity index is 0.962. The van der Waals surface area contributed by atoms with Crippen molar-refractivity contribution in [2.45, 2.75) is 38.5 Å². The highest BCUT2D eigenvalue weighted by molar-refractivity contribution is 6.24. The minimum absolute atomic E-state index is 0.0472. The quantitative estimate of drug-likeness (QED) is 0.180. The average molecular weight is 693 g/mol. The summed E-state index contributed by atoms with van der Waals surface area (Å²) in [5, 5.41) is 4.54. The lowest BCUT2D eigenvalue weighted by Gasteiger charge is -2.23. The van der Waals surface area contributed by atoms with E-state index >= 15 is 0 Å². The minimum Gasteiger partial charge on any atom is -0.456 e. The maximum atomic E-state index is 6.77. The fourth-order valence-corrected chi connectivity index (χ4v) is 10.1. The van der Waals surface area contributed by atoms with Crippen LogP contribution in [0.25, 0.3) is 88.3 Å². The first-order valence-electron chi connectivity index (χ1n) is 19.0. The summed E-state index contributed by atoms with van der Waals surface area (Å²) >= 11 is 0. The number of fused-ring (bicyclic) bond motifs is 12. The Morgan fingerprint density at radius 2 is 0.907 bits per heavy atom. The third kappa shape index (κ3) is 3.85. The van der Waals surface area contributed by atoms with Gasteiger partial charge in [0.2, 0.25) is 0 Å². The van der Waals surface area contributed by atoms with Gasteiger partial charge in [-0.2, -0.15) is 0 Å². The number of rotatable bonds is 2. The van der Waals surface area contributed by atoms with E-state index in [1.807, 2.05) is 0 Å². The van der Waals surface area contributed by atoms with Gasteiger partial charge in [0.15, 0.2) is 0 Å². The minimum atomic E-state index is -0.0510. The van der Waals surface area contributed by atoms with Gasteiger partial charge in [-0.3, -0.25) is 0 Å². The van der Waals surface area contributed by atoms with Crippen LogP contribution in [0.2, 0.25) is 0 Å². The molecule has 0 saturated carbocycles. The van der Waals surface area contributed by atoms with Gasteiger partial charge in [0.25, 0.3) is 0 Å². The molecule has 0 radical (unpaired) electrons. The average Bonchev–Trinajstić information content (AvgIpc) is 3.76. The highest BCUT2D eigenvalue weighted by Crippen LogP contribution is 2.54. The molecule has 0 spiro atoms. The molecule has 0 unspecified atom stereocenters. The van der Waals surface area contributed by atoms with Crippen LogP contribution in [0.1, 0.15) is 49.9 Å². The Kier molecular flexibility index (Phi) is 5.68. The van der Waals surface area contributed by atoms with Crippen LogP contribution in [0.15, 0.2) is 150 Å². The molecule has 8 aromatic carbocycles. The third-order valence-electron chi connectivity index (χ3n) is 12.9. The van der Waals surface area contributed by atoms with Crippen molar-refractivity contribution in [3.63, 3.8) is 0 Å². The Labute approximate surface area is 314 Å². The Morgan fingerprint density at radius 1 is 0.352 bits per heavy atom. The number of ether oxygens (including phenoxy) is 1. The number of benzene rings is 8. The van der Waals surface area contributed by atoms with Crippen molar-refractivity contribution in [2.24, 2.45) is 0 Å². The maximum Gasteiger partial charge on any atom is 0.136 e. The number of hydrogen-bond acceptors (Lipinski definition) is 2. The molecule has 256 valence electrons. The summed E-state index contributed by atoms with van der Waals surface area (Å²) in [5.41, 5.74) is 19.5. The van der Waals surface area contributed by atoms with E-state index in [1.54, 1.807) is 0 Å². The van der Waals surface area contributed by atoms with Crippen molar-refractivity contribution in [3.8, 4) is 67.1 Å². The van der Waals surface area contributed by atoms with Crippen molar-refractivity contribution in [1.29, 1.82) is 0 Å². The summed E-state index contributed by atoms with van der Waals surface area (Å²) in [6.07, 6.45) is 0. The predicted octanol–water partition coefficient (Wildman–Crippen LogP) is 14.5. The monoisotopic (exact) mass is 692 g/mol. The number of hydrogen-bond donors (Lipinski definition) is 0. The highest BCUT2D eigenvalue weighted by Gasteiger charge is 2.36. The zero-order chi connectivity index (χ0) is 36.1. The van der Waals surface area contributed by atoms with E-state index < -0.39 is 0 Å². The van der Waals surface area contributed by atoms with Crippen LogP contribution >= 0.6 is 0 Å². The molecule has 2 aliphatic carbocycles. The topological polar surface area (TPSA) is 22.4 Å². The van der Waals surface area contributed by atoms with E-state index in [0.717, 1.165) is 66.5 Å². The lowest BCUT2D eigenvalue weighted by Crippen LogP contribution is -2.14. The molecular weight excluding hydrogens is 657 g/mol. The Hall–Kier alpha value is -6.38. The first-order chi connectivity index (χ1) is 26.3. The summed E-state index contributed by atoms with van der Waals surface area (Å²) in [4.78, 5) is 0. The second-order valence-electron chi connectivity index (χ2n) is 16.5. The second-order valence-corrected chi connectivity index (χ2v) is 16.5. The predicted molar refractivity (Wildman–Crippen MR) is 223 cm³/mol. The standard InChI is InChI=1S/C52H36O2/c1-51(2)41-13-7-5-10-33(41)35-20-16-29(24-43(35)51)31-18-22-37-40-28-48-49(39-12-9-15-45(50(39)40)53-46(37)26-31)38-23-19-32(27-47(38)54-48)30-17-21-36-34-11-6-8-14-42(34)52(3,4)44(36)25-30/h5-28H,1-4H3. The van der Waals surface area contributed by atoms with Crippen molar-refractivity contribution >= 4 is 32.7 Å². The van der Waals surface area contributed by atoms with Gasteiger partial charge < -0.3 is 9.15 Å². The summed E-state index contributed by atoms with van der Waals surface area (Å²) in [6.45, 7) is 9.34. The molecule has 3 aliphatic rings. The summed E-state index contributed by atoms with van der Waals surface area (Å²) in [6, 6.07) is 53.5. The second kappa shape index (κ2) is 10.2. The van der Waals surface area contributed by atoms with E-state index in [0.29, 0.717) is 0 Å². The molecule has 0 bridgehead atoms. The molecule has 12 rings (SSSR count). The van der Waals surface area contributed by atoms with Gasteiger partial charge in [0, 0.05) is 38.1 Å². The molecule has 54 heavy (non-hydrogen) atoms. The van der Waals surface area contributed by atoms with Gasteiger partial charge in [0.1, 0.15) is 22.7 Å². The van der Waals surface area contributed by atoms with Gasteiger partial charge in [-0.25, -0.2) is 0 Å². The molecule has 2 nitrogen and oxygen atoms in total. The van der Waals surface area contributed by atoms with Crippen LogP contribution in [0, 0.1) is 0 Å². The van der Waals surface area contributed by atoms with Crippen LogP contribution in [0.4, 0.5) is 0 Å². The molecule has 2 heteroatoms. The lowest BCUT2D eigenvalue weighted by atomic mass is 9.81. The molecule has 0 fully saturated rings. The summed E-state index contributed by atoms with van der Waals surface area (Å²) in [7, 11) is 0. The van der Waals surface area contributed by atoms with Crippen molar-refractivity contribution in [3.05, 3.63) is 168 Å². The fraction of sp³-hybridized carbons (Fsp3) is 0.115. The molecule has 0 atom stereocenters. The zero-order valence-corrected chi connectivity index (χ0v) is 30.7. The SMILES string of the molecule is CC1(C)c2ccccc2-c2ccc(-c3ccc4c(c3)Oc3cccc5c3c-4cc3oc4cc(-c6ccc7c(c6)C(C)(C)c6ccccc6-7)ccc4c35)cc21. The molecule has 0 saturated heterocycles. The molecule has 1 aliphatic heterocycles. The molecule has 0 N–H and O–H groups in total. The van der Waals surface area contributed by atoms with E-state index in [1.165, 1.54) is 55.6 Å². The van der Waals surface area contributed by atoms with Crippen LogP contribution < -0.4 is 4.74 Å². The molecule has 1 aromatic heterocycles. The van der Waals surface area contributed by atoms with Crippen LogP contribution in [-0.4, -0.2) is 0 Å². The molecule has 9 aromatic rings. The summed E-state index contributed by atoms with van der Waals surface area (Å²) < 4.78 is 13.5. The van der Waals surface area contributed by atoms with Gasteiger partial charge in [-0.1, -0.05) is 125 Å². The first kappa shape index (κ1) is 30.1. The largest absolute Gasteiger partial charge is 0.456 e. The van der Waals surface area contributed by atoms with E-state index in [-0.39, 0.29) is 10.8 Å². The number of furan rings is 1. The Morgan fingerprint density at radius 3 is 1.57 bits per heavy atom. The van der Waals surface area contributed by atoms with Gasteiger partial charge in [0.05, 0.1) is 0 Å². The highest BCUT2D eigenvalue weighted by atomic mass is 16.5. The van der Waals surface area contributed by atoms with Crippen LogP contribution in [0.3, 0.4) is 0 Å². The van der Waals surface area contributed by atoms with Gasteiger partial charge >= 0.3 is 0 Å².